The predicted octanol–water partition coefficient (Wildman–Crippen LogP) is 5.33. The summed E-state index contributed by atoms with van der Waals surface area (Å²) in [6.45, 7) is 4.07. The molecule has 1 saturated heterocycles. The first kappa shape index (κ1) is 21.5. The number of carbonyl (C=O) groups excluding carboxylic acids is 1. The molecule has 1 amide bonds. The second-order valence-corrected chi connectivity index (χ2v) is 9.53. The molecule has 1 aliphatic heterocycles. The molecule has 0 bridgehead atoms. The van der Waals surface area contributed by atoms with Crippen LogP contribution in [0.5, 0.6) is 0 Å². The van der Waals surface area contributed by atoms with E-state index in [1.807, 2.05) is 37.4 Å². The van der Waals surface area contributed by atoms with Gasteiger partial charge in [-0.15, -0.1) is 0 Å². The largest absolute Gasteiger partial charge is 0.341 e. The van der Waals surface area contributed by atoms with Gasteiger partial charge in [0.15, 0.2) is 0 Å². The van der Waals surface area contributed by atoms with Crippen molar-refractivity contribution in [3.8, 4) is 0 Å². The Balaban J connectivity index is 1.80. The highest BCUT2D eigenvalue weighted by molar-refractivity contribution is 9.11. The highest BCUT2D eigenvalue weighted by Crippen LogP contribution is 2.38. The maximum atomic E-state index is 13.8. The van der Waals surface area contributed by atoms with Crippen molar-refractivity contribution in [2.75, 3.05) is 20.1 Å². The lowest BCUT2D eigenvalue weighted by Gasteiger charge is -2.39. The molecular formula is C22H25Br2FN2O. The van der Waals surface area contributed by atoms with Gasteiger partial charge in [-0.1, -0.05) is 44.0 Å². The summed E-state index contributed by atoms with van der Waals surface area (Å²) in [4.78, 5) is 14.9. The van der Waals surface area contributed by atoms with Crippen LogP contribution in [0.15, 0.2) is 45.3 Å². The van der Waals surface area contributed by atoms with Gasteiger partial charge in [-0.3, -0.25) is 4.79 Å². The van der Waals surface area contributed by atoms with Crippen molar-refractivity contribution < 1.29 is 9.18 Å². The van der Waals surface area contributed by atoms with E-state index in [1.54, 1.807) is 11.8 Å². The van der Waals surface area contributed by atoms with Gasteiger partial charge in [-0.25, -0.2) is 4.39 Å². The minimum atomic E-state index is -0.243. The van der Waals surface area contributed by atoms with Crippen LogP contribution >= 0.6 is 31.9 Å². The van der Waals surface area contributed by atoms with Crippen LogP contribution < -0.4 is 5.32 Å². The molecule has 1 N–H and O–H groups in total. The van der Waals surface area contributed by atoms with Crippen LogP contribution in [0.25, 0.3) is 0 Å². The number of hydrogen-bond acceptors (Lipinski definition) is 2. The highest BCUT2D eigenvalue weighted by Gasteiger charge is 2.37. The molecule has 0 saturated carbocycles. The summed E-state index contributed by atoms with van der Waals surface area (Å²) in [5, 5.41) is 3.38. The van der Waals surface area contributed by atoms with Gasteiger partial charge in [0.25, 0.3) is 0 Å². The number of benzene rings is 2. The number of amides is 1. The molecule has 6 heteroatoms. The second-order valence-electron chi connectivity index (χ2n) is 7.70. The van der Waals surface area contributed by atoms with E-state index in [0.29, 0.717) is 18.5 Å². The highest BCUT2D eigenvalue weighted by atomic mass is 79.9. The second kappa shape index (κ2) is 9.06. The predicted molar refractivity (Wildman–Crippen MR) is 118 cm³/mol. The fourth-order valence-corrected chi connectivity index (χ4v) is 5.32. The van der Waals surface area contributed by atoms with Crippen molar-refractivity contribution in [3.05, 3.63) is 67.9 Å². The molecular weight excluding hydrogens is 487 g/mol. The van der Waals surface area contributed by atoms with Crippen molar-refractivity contribution >= 4 is 37.8 Å². The Hall–Kier alpha value is -1.24. The van der Waals surface area contributed by atoms with Crippen molar-refractivity contribution in [3.63, 3.8) is 0 Å². The summed E-state index contributed by atoms with van der Waals surface area (Å²) < 4.78 is 15.8. The number of piperidine rings is 1. The molecule has 2 aromatic rings. The quantitative estimate of drug-likeness (QED) is 0.588. The molecule has 0 aliphatic carbocycles. The van der Waals surface area contributed by atoms with Crippen LogP contribution in [0.2, 0.25) is 0 Å². The monoisotopic (exact) mass is 510 g/mol. The molecule has 0 aromatic heterocycles. The Morgan fingerprint density at radius 3 is 2.39 bits per heavy atom. The Morgan fingerprint density at radius 1 is 1.14 bits per heavy atom. The minimum Gasteiger partial charge on any atom is -0.341 e. The zero-order valence-corrected chi connectivity index (χ0v) is 19.4. The summed E-state index contributed by atoms with van der Waals surface area (Å²) in [7, 11) is 1.85. The lowest BCUT2D eigenvalue weighted by atomic mass is 9.70. The van der Waals surface area contributed by atoms with E-state index < -0.39 is 0 Å². The van der Waals surface area contributed by atoms with E-state index in [1.165, 1.54) is 6.07 Å². The summed E-state index contributed by atoms with van der Waals surface area (Å²) in [5.41, 5.74) is 2.52. The van der Waals surface area contributed by atoms with Crippen molar-refractivity contribution in [1.29, 1.82) is 0 Å². The van der Waals surface area contributed by atoms with E-state index >= 15 is 0 Å². The van der Waals surface area contributed by atoms with Gasteiger partial charge < -0.3 is 10.2 Å². The van der Waals surface area contributed by atoms with Crippen LogP contribution in [0.3, 0.4) is 0 Å². The minimum absolute atomic E-state index is 0.111. The van der Waals surface area contributed by atoms with Crippen LogP contribution in [0.4, 0.5) is 4.39 Å². The van der Waals surface area contributed by atoms with E-state index in [-0.39, 0.29) is 17.1 Å². The van der Waals surface area contributed by atoms with Gasteiger partial charge in [0, 0.05) is 34.4 Å². The van der Waals surface area contributed by atoms with E-state index in [9.17, 15) is 9.18 Å². The summed E-state index contributed by atoms with van der Waals surface area (Å²) in [6, 6.07) is 11.3. The fourth-order valence-electron chi connectivity index (χ4n) is 3.94. The van der Waals surface area contributed by atoms with Crippen molar-refractivity contribution in [2.24, 2.45) is 0 Å². The summed E-state index contributed by atoms with van der Waals surface area (Å²) >= 11 is 7.00. The first-order chi connectivity index (χ1) is 13.3. The number of nitrogens with one attached hydrogen (secondary N) is 1. The third kappa shape index (κ3) is 5.02. The molecule has 1 aliphatic rings. The topological polar surface area (TPSA) is 32.3 Å². The first-order valence-electron chi connectivity index (χ1n) is 9.45. The maximum absolute atomic E-state index is 13.8. The van der Waals surface area contributed by atoms with E-state index in [0.717, 1.165) is 46.0 Å². The summed E-state index contributed by atoms with van der Waals surface area (Å²) in [5.74, 6) is -0.0866. The van der Waals surface area contributed by atoms with Crippen molar-refractivity contribution in [1.82, 2.24) is 10.2 Å². The molecule has 0 atom stereocenters. The standard InChI is InChI=1S/C22H25Br2FN2O/c1-15-9-17(3-4-20(15)25)22(5-7-26-8-6-22)13-21(28)27(2)14-16-10-18(23)12-19(24)11-16/h3-4,9-12,26H,5-8,13-14H2,1-2H3. The zero-order valence-electron chi connectivity index (χ0n) is 16.2. The third-order valence-electron chi connectivity index (χ3n) is 5.59. The number of aryl methyl sites for hydroxylation is 1. The van der Waals surface area contributed by atoms with Gasteiger partial charge in [-0.2, -0.15) is 0 Å². The Kier molecular flexibility index (Phi) is 6.94. The molecule has 1 heterocycles. The van der Waals surface area contributed by atoms with Gasteiger partial charge in [0.1, 0.15) is 5.82 Å². The van der Waals surface area contributed by atoms with Crippen LogP contribution in [0, 0.1) is 12.7 Å². The van der Waals surface area contributed by atoms with Gasteiger partial charge in [0.2, 0.25) is 5.91 Å². The maximum Gasteiger partial charge on any atom is 0.223 e. The van der Waals surface area contributed by atoms with Gasteiger partial charge in [0.05, 0.1) is 0 Å². The number of nitrogens with zero attached hydrogens (tertiary/aromatic N) is 1. The lowest BCUT2D eigenvalue weighted by molar-refractivity contribution is -0.132. The average molecular weight is 512 g/mol. The zero-order chi connectivity index (χ0) is 20.3. The smallest absolute Gasteiger partial charge is 0.223 e. The third-order valence-corrected chi connectivity index (χ3v) is 6.50. The average Bonchev–Trinajstić information content (AvgIpc) is 2.63. The van der Waals surface area contributed by atoms with E-state index in [4.69, 9.17) is 0 Å². The molecule has 3 rings (SSSR count). The number of hydrogen-bond donors (Lipinski definition) is 1. The molecule has 28 heavy (non-hydrogen) atoms. The Bertz CT molecular complexity index is 845. The summed E-state index contributed by atoms with van der Waals surface area (Å²) in [6.07, 6.45) is 2.19. The number of halogens is 3. The van der Waals surface area contributed by atoms with Crippen LogP contribution in [0.1, 0.15) is 36.0 Å². The van der Waals surface area contributed by atoms with Gasteiger partial charge in [-0.05, 0) is 73.8 Å². The molecule has 150 valence electrons. The van der Waals surface area contributed by atoms with Crippen LogP contribution in [-0.2, 0) is 16.8 Å². The molecule has 2 aromatic carbocycles. The molecule has 0 radical (unpaired) electrons. The molecule has 1 fully saturated rings. The molecule has 0 unspecified atom stereocenters. The number of carbonyl (C=O) groups is 1. The molecule has 0 spiro atoms. The van der Waals surface area contributed by atoms with Crippen molar-refractivity contribution in [2.45, 2.75) is 38.1 Å². The Morgan fingerprint density at radius 2 is 1.79 bits per heavy atom. The normalized spacial score (nSPS) is 16.0. The van der Waals surface area contributed by atoms with Gasteiger partial charge >= 0.3 is 0 Å². The van der Waals surface area contributed by atoms with Crippen LogP contribution in [-0.4, -0.2) is 30.9 Å². The number of rotatable bonds is 5. The SMILES string of the molecule is Cc1cc(C2(CC(=O)N(C)Cc3cc(Br)cc(Br)c3)CCNCC2)ccc1F. The molecule has 3 nitrogen and oxygen atoms in total. The van der Waals surface area contributed by atoms with E-state index in [2.05, 4.69) is 37.2 Å². The Labute approximate surface area is 183 Å². The first-order valence-corrected chi connectivity index (χ1v) is 11.0. The lowest BCUT2D eigenvalue weighted by Crippen LogP contribution is -2.43. The fraction of sp³-hybridized carbons (Fsp3) is 0.409.